The van der Waals surface area contributed by atoms with E-state index >= 15 is 0 Å². The average Bonchev–Trinajstić information content (AvgIpc) is 2.84. The highest BCUT2D eigenvalue weighted by molar-refractivity contribution is 4.77. The smallest absolute Gasteiger partial charge is 0.0615 e. The maximum Gasteiger partial charge on any atom is 0.0615 e. The lowest BCUT2D eigenvalue weighted by Crippen LogP contribution is -2.34. The third-order valence-corrected chi connectivity index (χ3v) is 2.68. The first-order chi connectivity index (χ1) is 8.36. The lowest BCUT2D eigenvalue weighted by molar-refractivity contribution is 0.161. The maximum atomic E-state index is 5.51. The molecular formula is C12H24N4O. The van der Waals surface area contributed by atoms with Gasteiger partial charge < -0.3 is 15.8 Å². The fraction of sp³-hybridized carbons (Fsp3) is 0.750. The van der Waals surface area contributed by atoms with Crippen LogP contribution in [-0.4, -0.2) is 42.6 Å². The van der Waals surface area contributed by atoms with Crippen LogP contribution in [0, 0.1) is 0 Å². The summed E-state index contributed by atoms with van der Waals surface area (Å²) >= 11 is 0. The van der Waals surface area contributed by atoms with Crippen molar-refractivity contribution in [1.29, 1.82) is 0 Å². The standard InChI is InChI=1S/C12H24N4O/c1-17-11-12(5-2-6-13)14-7-3-9-16-10-4-8-15-16/h4,8,10,12,14H,2-3,5-7,9,11,13H2,1H3. The number of nitrogens with zero attached hydrogens (tertiary/aromatic N) is 2. The lowest BCUT2D eigenvalue weighted by Gasteiger charge is -2.17. The molecule has 1 unspecified atom stereocenters. The first-order valence-electron chi connectivity index (χ1n) is 6.26. The van der Waals surface area contributed by atoms with Gasteiger partial charge in [0.25, 0.3) is 0 Å². The molecule has 3 N–H and O–H groups in total. The Hall–Kier alpha value is -0.910. The minimum Gasteiger partial charge on any atom is -0.383 e. The predicted octanol–water partition coefficient (Wildman–Crippen LogP) is 0.617. The first kappa shape index (κ1) is 14.2. The minimum absolute atomic E-state index is 0.418. The molecule has 17 heavy (non-hydrogen) atoms. The number of hydrogen-bond acceptors (Lipinski definition) is 4. The quantitative estimate of drug-likeness (QED) is 0.588. The summed E-state index contributed by atoms with van der Waals surface area (Å²) in [6.07, 6.45) is 6.99. The normalized spacial score (nSPS) is 12.8. The molecule has 1 rings (SSSR count). The topological polar surface area (TPSA) is 65.1 Å². The number of nitrogens with two attached hydrogens (primary N) is 1. The van der Waals surface area contributed by atoms with Crippen molar-refractivity contribution in [2.24, 2.45) is 5.73 Å². The van der Waals surface area contributed by atoms with Crippen molar-refractivity contribution in [1.82, 2.24) is 15.1 Å². The van der Waals surface area contributed by atoms with Crippen LogP contribution < -0.4 is 11.1 Å². The van der Waals surface area contributed by atoms with Crippen LogP contribution in [0.15, 0.2) is 18.5 Å². The van der Waals surface area contributed by atoms with Gasteiger partial charge in [-0.1, -0.05) is 0 Å². The van der Waals surface area contributed by atoms with Gasteiger partial charge in [-0.25, -0.2) is 0 Å². The Morgan fingerprint density at radius 2 is 2.35 bits per heavy atom. The molecule has 0 aromatic carbocycles. The fourth-order valence-electron chi connectivity index (χ4n) is 1.79. The summed E-state index contributed by atoms with van der Waals surface area (Å²) in [7, 11) is 1.74. The number of nitrogens with one attached hydrogen (secondary N) is 1. The summed E-state index contributed by atoms with van der Waals surface area (Å²) in [5, 5.41) is 7.66. The summed E-state index contributed by atoms with van der Waals surface area (Å²) < 4.78 is 7.13. The van der Waals surface area contributed by atoms with Crippen molar-refractivity contribution in [2.75, 3.05) is 26.8 Å². The second-order valence-electron chi connectivity index (χ2n) is 4.16. The molecular weight excluding hydrogens is 216 g/mol. The van der Waals surface area contributed by atoms with Crippen LogP contribution in [0.1, 0.15) is 19.3 Å². The fourth-order valence-corrected chi connectivity index (χ4v) is 1.79. The van der Waals surface area contributed by atoms with Crippen molar-refractivity contribution in [3.8, 4) is 0 Å². The molecule has 0 spiro atoms. The number of aromatic nitrogens is 2. The summed E-state index contributed by atoms with van der Waals surface area (Å²) in [6.45, 7) is 3.44. The van der Waals surface area contributed by atoms with Crippen molar-refractivity contribution in [3.63, 3.8) is 0 Å². The molecule has 0 saturated carbocycles. The lowest BCUT2D eigenvalue weighted by atomic mass is 10.1. The molecule has 5 heteroatoms. The summed E-state index contributed by atoms with van der Waals surface area (Å²) in [5.74, 6) is 0. The highest BCUT2D eigenvalue weighted by Gasteiger charge is 2.06. The molecule has 0 amide bonds. The number of ether oxygens (including phenoxy) is 1. The second kappa shape index (κ2) is 9.15. The Labute approximate surface area is 103 Å². The van der Waals surface area contributed by atoms with Crippen LogP contribution in [0.4, 0.5) is 0 Å². The molecule has 0 bridgehead atoms. The van der Waals surface area contributed by atoms with Gasteiger partial charge >= 0.3 is 0 Å². The highest BCUT2D eigenvalue weighted by atomic mass is 16.5. The number of hydrogen-bond donors (Lipinski definition) is 2. The average molecular weight is 240 g/mol. The van der Waals surface area contributed by atoms with E-state index in [4.69, 9.17) is 10.5 Å². The largest absolute Gasteiger partial charge is 0.383 e. The van der Waals surface area contributed by atoms with Crippen LogP contribution in [0.3, 0.4) is 0 Å². The van der Waals surface area contributed by atoms with Crippen LogP contribution in [0.25, 0.3) is 0 Å². The molecule has 1 aromatic rings. The minimum atomic E-state index is 0.418. The third kappa shape index (κ3) is 6.41. The van der Waals surface area contributed by atoms with Gasteiger partial charge in [-0.3, -0.25) is 4.68 Å². The van der Waals surface area contributed by atoms with E-state index in [9.17, 15) is 0 Å². The predicted molar refractivity (Wildman–Crippen MR) is 68.8 cm³/mol. The summed E-state index contributed by atoms with van der Waals surface area (Å²) in [4.78, 5) is 0. The van der Waals surface area contributed by atoms with Gasteiger partial charge in [0.05, 0.1) is 6.61 Å². The van der Waals surface area contributed by atoms with Crippen LogP contribution >= 0.6 is 0 Å². The molecule has 1 heterocycles. The van der Waals surface area contributed by atoms with Gasteiger partial charge in [-0.15, -0.1) is 0 Å². The van der Waals surface area contributed by atoms with Crippen molar-refractivity contribution in [2.45, 2.75) is 31.8 Å². The molecule has 0 fully saturated rings. The van der Waals surface area contributed by atoms with Gasteiger partial charge in [-0.2, -0.15) is 5.10 Å². The Morgan fingerprint density at radius 3 is 3.00 bits per heavy atom. The van der Waals surface area contributed by atoms with E-state index in [0.29, 0.717) is 6.04 Å². The van der Waals surface area contributed by atoms with E-state index in [0.717, 1.165) is 45.5 Å². The van der Waals surface area contributed by atoms with Crippen molar-refractivity contribution < 1.29 is 4.74 Å². The monoisotopic (exact) mass is 240 g/mol. The van der Waals surface area contributed by atoms with E-state index < -0.39 is 0 Å². The maximum absolute atomic E-state index is 5.51. The Kier molecular flexibility index (Phi) is 7.62. The summed E-state index contributed by atoms with van der Waals surface area (Å²) in [5.41, 5.74) is 5.51. The van der Waals surface area contributed by atoms with Crippen molar-refractivity contribution in [3.05, 3.63) is 18.5 Å². The van der Waals surface area contributed by atoms with Crippen LogP contribution in [0.2, 0.25) is 0 Å². The van der Waals surface area contributed by atoms with Gasteiger partial charge in [-0.05, 0) is 38.4 Å². The first-order valence-corrected chi connectivity index (χ1v) is 6.26. The van der Waals surface area contributed by atoms with Gasteiger partial charge in [0.1, 0.15) is 0 Å². The number of methoxy groups -OCH3 is 1. The van der Waals surface area contributed by atoms with Gasteiger partial charge in [0.15, 0.2) is 0 Å². The molecule has 0 aliphatic rings. The number of rotatable bonds is 10. The Morgan fingerprint density at radius 1 is 1.47 bits per heavy atom. The highest BCUT2D eigenvalue weighted by Crippen LogP contribution is 1.97. The van der Waals surface area contributed by atoms with Gasteiger partial charge in [0, 0.05) is 32.1 Å². The van der Waals surface area contributed by atoms with E-state index in [2.05, 4.69) is 10.4 Å². The van der Waals surface area contributed by atoms with Crippen molar-refractivity contribution >= 4 is 0 Å². The van der Waals surface area contributed by atoms with Gasteiger partial charge in [0.2, 0.25) is 0 Å². The molecule has 98 valence electrons. The summed E-state index contributed by atoms with van der Waals surface area (Å²) in [6, 6.07) is 2.36. The molecule has 0 radical (unpaired) electrons. The van der Waals surface area contributed by atoms with Crippen LogP contribution in [0.5, 0.6) is 0 Å². The zero-order valence-corrected chi connectivity index (χ0v) is 10.6. The molecule has 0 saturated heterocycles. The molecule has 5 nitrogen and oxygen atoms in total. The molecule has 0 aliphatic heterocycles. The molecule has 0 aliphatic carbocycles. The number of aryl methyl sites for hydroxylation is 1. The SMILES string of the molecule is COCC(CCCN)NCCCn1cccn1. The third-order valence-electron chi connectivity index (χ3n) is 2.68. The Bertz CT molecular complexity index is 263. The van der Waals surface area contributed by atoms with E-state index in [1.165, 1.54) is 0 Å². The zero-order valence-electron chi connectivity index (χ0n) is 10.6. The molecule has 1 atom stereocenters. The van der Waals surface area contributed by atoms with E-state index in [-0.39, 0.29) is 0 Å². The van der Waals surface area contributed by atoms with E-state index in [1.807, 2.05) is 23.1 Å². The van der Waals surface area contributed by atoms with E-state index in [1.54, 1.807) is 7.11 Å². The Balaban J connectivity index is 2.08. The molecule has 1 aromatic heterocycles. The zero-order chi connectivity index (χ0) is 12.3. The van der Waals surface area contributed by atoms with Crippen LogP contribution in [-0.2, 0) is 11.3 Å². The second-order valence-corrected chi connectivity index (χ2v) is 4.16.